The molecule has 0 N–H and O–H groups in total. The summed E-state index contributed by atoms with van der Waals surface area (Å²) in [5.41, 5.74) is 3.18. The first-order valence-electron chi connectivity index (χ1n) is 8.76. The van der Waals surface area contributed by atoms with E-state index in [1.54, 1.807) is 18.9 Å². The zero-order valence-electron chi connectivity index (χ0n) is 15.7. The highest BCUT2D eigenvalue weighted by molar-refractivity contribution is 7.98. The van der Waals surface area contributed by atoms with Crippen molar-refractivity contribution in [1.82, 2.24) is 19.7 Å². The SMILES string of the molecule is CCCCn1c(SCc2nc(-c3cccc(OC)c3)no2)nc(C)c1C. The van der Waals surface area contributed by atoms with Gasteiger partial charge in [0.1, 0.15) is 5.75 Å². The molecule has 0 atom stereocenters. The number of unbranched alkanes of at least 4 members (excludes halogenated alkanes) is 1. The number of thioether (sulfide) groups is 1. The Bertz CT molecular complexity index is 872. The third kappa shape index (κ3) is 4.09. The van der Waals surface area contributed by atoms with Gasteiger partial charge in [0.2, 0.25) is 11.7 Å². The number of rotatable bonds is 8. The first-order chi connectivity index (χ1) is 12.6. The number of aryl methyl sites for hydroxylation is 1. The van der Waals surface area contributed by atoms with Gasteiger partial charge in [0.15, 0.2) is 5.16 Å². The number of hydrogen-bond donors (Lipinski definition) is 0. The lowest BCUT2D eigenvalue weighted by molar-refractivity contribution is 0.391. The number of benzene rings is 1. The molecule has 0 aliphatic heterocycles. The fraction of sp³-hybridized carbons (Fsp3) is 0.421. The molecule has 0 saturated carbocycles. The lowest BCUT2D eigenvalue weighted by atomic mass is 10.2. The van der Waals surface area contributed by atoms with E-state index in [2.05, 4.69) is 40.5 Å². The van der Waals surface area contributed by atoms with Gasteiger partial charge in [0, 0.05) is 17.8 Å². The van der Waals surface area contributed by atoms with Crippen LogP contribution in [0.4, 0.5) is 0 Å². The van der Waals surface area contributed by atoms with Crippen molar-refractivity contribution in [1.29, 1.82) is 0 Å². The average Bonchev–Trinajstić information content (AvgIpc) is 3.24. The minimum atomic E-state index is 0.571. The van der Waals surface area contributed by atoms with Gasteiger partial charge < -0.3 is 13.8 Å². The molecule has 2 aromatic heterocycles. The summed E-state index contributed by atoms with van der Waals surface area (Å²) in [6.07, 6.45) is 2.30. The maximum Gasteiger partial charge on any atom is 0.237 e. The highest BCUT2D eigenvalue weighted by Crippen LogP contribution is 2.26. The van der Waals surface area contributed by atoms with Gasteiger partial charge in [-0.1, -0.05) is 42.4 Å². The van der Waals surface area contributed by atoms with Crippen molar-refractivity contribution in [2.75, 3.05) is 7.11 Å². The molecule has 0 aliphatic carbocycles. The van der Waals surface area contributed by atoms with Crippen molar-refractivity contribution in [2.45, 2.75) is 51.1 Å². The Morgan fingerprint density at radius 1 is 1.23 bits per heavy atom. The van der Waals surface area contributed by atoms with Gasteiger partial charge in [-0.05, 0) is 32.4 Å². The van der Waals surface area contributed by atoms with Gasteiger partial charge in [-0.2, -0.15) is 4.98 Å². The average molecular weight is 372 g/mol. The number of nitrogens with zero attached hydrogens (tertiary/aromatic N) is 4. The molecule has 0 aliphatic rings. The van der Waals surface area contributed by atoms with Gasteiger partial charge in [-0.25, -0.2) is 4.98 Å². The summed E-state index contributed by atoms with van der Waals surface area (Å²) in [5.74, 6) is 2.53. The minimum absolute atomic E-state index is 0.571. The van der Waals surface area contributed by atoms with E-state index in [0.29, 0.717) is 17.5 Å². The highest BCUT2D eigenvalue weighted by atomic mass is 32.2. The smallest absolute Gasteiger partial charge is 0.237 e. The van der Waals surface area contributed by atoms with E-state index in [1.807, 2.05) is 24.3 Å². The van der Waals surface area contributed by atoms with E-state index in [0.717, 1.165) is 41.5 Å². The van der Waals surface area contributed by atoms with E-state index in [1.165, 1.54) is 5.69 Å². The van der Waals surface area contributed by atoms with Crippen molar-refractivity contribution in [3.8, 4) is 17.1 Å². The second-order valence-electron chi connectivity index (χ2n) is 6.10. The summed E-state index contributed by atoms with van der Waals surface area (Å²) >= 11 is 1.63. The topological polar surface area (TPSA) is 66.0 Å². The summed E-state index contributed by atoms with van der Waals surface area (Å²) < 4.78 is 12.9. The summed E-state index contributed by atoms with van der Waals surface area (Å²) in [5, 5.41) is 5.10. The van der Waals surface area contributed by atoms with Crippen LogP contribution in [0.15, 0.2) is 33.9 Å². The van der Waals surface area contributed by atoms with E-state index >= 15 is 0 Å². The van der Waals surface area contributed by atoms with Gasteiger partial charge >= 0.3 is 0 Å². The molecule has 0 saturated heterocycles. The van der Waals surface area contributed by atoms with Gasteiger partial charge in [0.25, 0.3) is 0 Å². The van der Waals surface area contributed by atoms with E-state index in [9.17, 15) is 0 Å². The molecule has 1 aromatic carbocycles. The standard InChI is InChI=1S/C19H24N4O2S/c1-5-6-10-23-14(3)13(2)20-19(23)26-12-17-21-18(22-25-17)15-8-7-9-16(11-15)24-4/h7-9,11H,5-6,10,12H2,1-4H3. The molecular formula is C19H24N4O2S. The minimum Gasteiger partial charge on any atom is -0.497 e. The second kappa shape index (κ2) is 8.40. The van der Waals surface area contributed by atoms with Crippen LogP contribution in [0.3, 0.4) is 0 Å². The quantitative estimate of drug-likeness (QED) is 0.536. The second-order valence-corrected chi connectivity index (χ2v) is 7.05. The predicted octanol–water partition coefficient (Wildman–Crippen LogP) is 4.65. The molecule has 0 spiro atoms. The normalized spacial score (nSPS) is 11.1. The first kappa shape index (κ1) is 18.5. The molecule has 7 heteroatoms. The lowest BCUT2D eigenvalue weighted by Gasteiger charge is -2.08. The first-order valence-corrected chi connectivity index (χ1v) is 9.74. The van der Waals surface area contributed by atoms with Crippen LogP contribution in [0.25, 0.3) is 11.4 Å². The van der Waals surface area contributed by atoms with Crippen LogP contribution in [0.2, 0.25) is 0 Å². The maximum atomic E-state index is 5.41. The van der Waals surface area contributed by atoms with Crippen LogP contribution in [0, 0.1) is 13.8 Å². The Kier molecular flexibility index (Phi) is 5.98. The molecule has 0 radical (unpaired) electrons. The fourth-order valence-electron chi connectivity index (χ4n) is 2.63. The molecule has 26 heavy (non-hydrogen) atoms. The fourth-order valence-corrected chi connectivity index (χ4v) is 3.59. The monoisotopic (exact) mass is 372 g/mol. The third-order valence-electron chi connectivity index (χ3n) is 4.28. The van der Waals surface area contributed by atoms with Gasteiger partial charge in [-0.3, -0.25) is 0 Å². The predicted molar refractivity (Wildman–Crippen MR) is 102 cm³/mol. The molecule has 3 aromatic rings. The van der Waals surface area contributed by atoms with Crippen LogP contribution in [-0.2, 0) is 12.3 Å². The Hall–Kier alpha value is -2.28. The number of hydrogen-bond acceptors (Lipinski definition) is 6. The van der Waals surface area contributed by atoms with Gasteiger partial charge in [-0.15, -0.1) is 0 Å². The molecule has 138 valence electrons. The van der Waals surface area contributed by atoms with Crippen LogP contribution in [0.1, 0.15) is 37.0 Å². The van der Waals surface area contributed by atoms with Crippen LogP contribution in [-0.4, -0.2) is 26.8 Å². The van der Waals surface area contributed by atoms with E-state index < -0.39 is 0 Å². The lowest BCUT2D eigenvalue weighted by Crippen LogP contribution is -2.02. The summed E-state index contributed by atoms with van der Waals surface area (Å²) in [7, 11) is 1.64. The number of aromatic nitrogens is 4. The van der Waals surface area contributed by atoms with Crippen molar-refractivity contribution in [3.05, 3.63) is 41.5 Å². The van der Waals surface area contributed by atoms with E-state index in [4.69, 9.17) is 9.26 Å². The van der Waals surface area contributed by atoms with E-state index in [-0.39, 0.29) is 0 Å². The molecule has 2 heterocycles. The maximum absolute atomic E-state index is 5.41. The Balaban J connectivity index is 1.71. The Labute approximate surface area is 158 Å². The molecule has 0 unspecified atom stereocenters. The van der Waals surface area contributed by atoms with Gasteiger partial charge in [0.05, 0.1) is 18.6 Å². The third-order valence-corrected chi connectivity index (χ3v) is 5.24. The Morgan fingerprint density at radius 2 is 2.08 bits per heavy atom. The largest absolute Gasteiger partial charge is 0.497 e. The Morgan fingerprint density at radius 3 is 2.85 bits per heavy atom. The number of methoxy groups -OCH3 is 1. The van der Waals surface area contributed by atoms with Crippen molar-refractivity contribution in [2.24, 2.45) is 0 Å². The molecular weight excluding hydrogens is 348 g/mol. The van der Waals surface area contributed by atoms with Crippen LogP contribution >= 0.6 is 11.8 Å². The van der Waals surface area contributed by atoms with Crippen LogP contribution < -0.4 is 4.74 Å². The molecule has 3 rings (SSSR count). The number of imidazole rings is 1. The van der Waals surface area contributed by atoms with Crippen LogP contribution in [0.5, 0.6) is 5.75 Å². The summed E-state index contributed by atoms with van der Waals surface area (Å²) in [6, 6.07) is 7.64. The zero-order valence-corrected chi connectivity index (χ0v) is 16.5. The molecule has 0 amide bonds. The highest BCUT2D eigenvalue weighted by Gasteiger charge is 2.14. The van der Waals surface area contributed by atoms with Crippen molar-refractivity contribution in [3.63, 3.8) is 0 Å². The zero-order chi connectivity index (χ0) is 18.5. The number of ether oxygens (including phenoxy) is 1. The summed E-state index contributed by atoms with van der Waals surface area (Å²) in [6.45, 7) is 7.36. The van der Waals surface area contributed by atoms with Crippen molar-refractivity contribution < 1.29 is 9.26 Å². The molecule has 0 bridgehead atoms. The summed E-state index contributed by atoms with van der Waals surface area (Å²) in [4.78, 5) is 9.19. The molecule has 6 nitrogen and oxygen atoms in total. The van der Waals surface area contributed by atoms with Crippen molar-refractivity contribution >= 4 is 11.8 Å². The molecule has 0 fully saturated rings.